The summed E-state index contributed by atoms with van der Waals surface area (Å²) >= 11 is 1.33. The second-order valence-electron chi connectivity index (χ2n) is 7.64. The number of aromatic nitrogens is 2. The van der Waals surface area contributed by atoms with E-state index in [1.165, 1.54) is 15.6 Å². The van der Waals surface area contributed by atoms with Gasteiger partial charge >= 0.3 is 5.97 Å². The Bertz CT molecular complexity index is 1100. The number of piperidine rings is 1. The van der Waals surface area contributed by atoms with E-state index in [1.807, 2.05) is 12.3 Å². The number of sulfonamides is 1. The maximum absolute atomic E-state index is 13.6. The van der Waals surface area contributed by atoms with Gasteiger partial charge in [0.1, 0.15) is 10.5 Å². The van der Waals surface area contributed by atoms with Crippen molar-refractivity contribution in [2.24, 2.45) is 13.0 Å². The van der Waals surface area contributed by atoms with Crippen LogP contribution in [0.5, 0.6) is 0 Å². The minimum atomic E-state index is -4.00. The van der Waals surface area contributed by atoms with Crippen molar-refractivity contribution in [2.75, 3.05) is 25.0 Å². The Labute approximate surface area is 186 Å². The molecule has 0 aromatic carbocycles. The third-order valence-corrected chi connectivity index (χ3v) is 8.51. The van der Waals surface area contributed by atoms with Crippen molar-refractivity contribution < 1.29 is 22.7 Å². The predicted octanol–water partition coefficient (Wildman–Crippen LogP) is 2.62. The van der Waals surface area contributed by atoms with Crippen LogP contribution in [0.2, 0.25) is 0 Å². The number of anilines is 1. The lowest BCUT2D eigenvalue weighted by atomic mass is 9.99. The summed E-state index contributed by atoms with van der Waals surface area (Å²) in [5.74, 6) is -1.41. The van der Waals surface area contributed by atoms with Crippen LogP contribution in [0, 0.1) is 26.7 Å². The fourth-order valence-electron chi connectivity index (χ4n) is 3.80. The van der Waals surface area contributed by atoms with Gasteiger partial charge in [0.2, 0.25) is 15.9 Å². The van der Waals surface area contributed by atoms with Crippen LogP contribution in [0.25, 0.3) is 0 Å². The molecule has 9 nitrogen and oxygen atoms in total. The van der Waals surface area contributed by atoms with Gasteiger partial charge in [0, 0.05) is 36.9 Å². The molecule has 2 aromatic rings. The van der Waals surface area contributed by atoms with Crippen LogP contribution in [0.15, 0.2) is 10.3 Å². The molecule has 3 rings (SSSR count). The highest BCUT2D eigenvalue weighted by molar-refractivity contribution is 7.89. The number of esters is 1. The fraction of sp³-hybridized carbons (Fsp3) is 0.550. The lowest BCUT2D eigenvalue weighted by Crippen LogP contribution is -2.44. The van der Waals surface area contributed by atoms with Gasteiger partial charge < -0.3 is 14.6 Å². The molecule has 0 bridgehead atoms. The zero-order valence-corrected chi connectivity index (χ0v) is 20.0. The average Bonchev–Trinajstić information content (AvgIpc) is 3.24. The first-order valence-corrected chi connectivity index (χ1v) is 12.5. The van der Waals surface area contributed by atoms with E-state index in [0.29, 0.717) is 29.4 Å². The lowest BCUT2D eigenvalue weighted by Gasteiger charge is -2.31. The number of amides is 1. The molecule has 0 radical (unpaired) electrons. The first-order chi connectivity index (χ1) is 14.6. The summed E-state index contributed by atoms with van der Waals surface area (Å²) in [7, 11) is -2.29. The van der Waals surface area contributed by atoms with Gasteiger partial charge in [-0.15, -0.1) is 11.3 Å². The number of hydrogen-bond acceptors (Lipinski definition) is 7. The highest BCUT2D eigenvalue weighted by atomic mass is 32.2. The van der Waals surface area contributed by atoms with Gasteiger partial charge in [0.05, 0.1) is 18.2 Å². The Balaban J connectivity index is 1.89. The topological polar surface area (TPSA) is 111 Å². The number of nitrogens with zero attached hydrogens (tertiary/aromatic N) is 3. The molecular weight excluding hydrogens is 440 g/mol. The molecule has 1 amide bonds. The second kappa shape index (κ2) is 9.09. The number of carbonyl (C=O) groups is 2. The molecule has 1 aliphatic rings. The molecule has 3 heterocycles. The van der Waals surface area contributed by atoms with Crippen LogP contribution in [0.1, 0.15) is 47.2 Å². The molecule has 1 N–H and O–H groups in total. The van der Waals surface area contributed by atoms with Crippen LogP contribution in [-0.2, 0) is 26.6 Å². The molecule has 0 aliphatic carbocycles. The summed E-state index contributed by atoms with van der Waals surface area (Å²) in [5, 5.41) is 5.12. The zero-order chi connectivity index (χ0) is 22.9. The molecule has 1 aliphatic heterocycles. The van der Waals surface area contributed by atoms with Crippen LogP contribution < -0.4 is 5.32 Å². The van der Waals surface area contributed by atoms with Crippen LogP contribution >= 0.6 is 11.3 Å². The Morgan fingerprint density at radius 2 is 2.00 bits per heavy atom. The number of rotatable bonds is 6. The summed E-state index contributed by atoms with van der Waals surface area (Å²) in [6.45, 7) is 7.36. The van der Waals surface area contributed by atoms with E-state index in [2.05, 4.69) is 10.3 Å². The summed E-state index contributed by atoms with van der Waals surface area (Å²) in [6.07, 6.45) is 1.13. The molecule has 2 aromatic heterocycles. The van der Waals surface area contributed by atoms with Crippen molar-refractivity contribution in [3.8, 4) is 0 Å². The van der Waals surface area contributed by atoms with Gasteiger partial charge in [0.25, 0.3) is 0 Å². The molecule has 1 saturated heterocycles. The summed E-state index contributed by atoms with van der Waals surface area (Å²) in [5.41, 5.74) is 1.87. The van der Waals surface area contributed by atoms with Gasteiger partial charge in [0.15, 0.2) is 5.13 Å². The van der Waals surface area contributed by atoms with E-state index in [9.17, 15) is 18.0 Å². The number of carbonyl (C=O) groups excluding carboxylic acids is 2. The van der Waals surface area contributed by atoms with Gasteiger partial charge in [-0.3, -0.25) is 4.79 Å². The maximum atomic E-state index is 13.6. The average molecular weight is 469 g/mol. The summed E-state index contributed by atoms with van der Waals surface area (Å²) in [4.78, 5) is 29.5. The van der Waals surface area contributed by atoms with Crippen molar-refractivity contribution in [3.05, 3.63) is 28.0 Å². The number of nitrogens with one attached hydrogen (secondary N) is 1. The van der Waals surface area contributed by atoms with Crippen molar-refractivity contribution in [1.82, 2.24) is 13.9 Å². The Morgan fingerprint density at radius 1 is 1.29 bits per heavy atom. The highest BCUT2D eigenvalue weighted by Gasteiger charge is 2.39. The number of hydrogen-bond donors (Lipinski definition) is 1. The minimum Gasteiger partial charge on any atom is -0.462 e. The quantitative estimate of drug-likeness (QED) is 0.653. The monoisotopic (exact) mass is 468 g/mol. The Hall–Kier alpha value is -2.24. The summed E-state index contributed by atoms with van der Waals surface area (Å²) < 4.78 is 35.3. The third kappa shape index (κ3) is 4.53. The van der Waals surface area contributed by atoms with Crippen LogP contribution in [0.3, 0.4) is 0 Å². The zero-order valence-electron chi connectivity index (χ0n) is 18.4. The number of thiazole rings is 1. The lowest BCUT2D eigenvalue weighted by molar-refractivity contribution is -0.120. The summed E-state index contributed by atoms with van der Waals surface area (Å²) in [6, 6.07) is 0. The first-order valence-electron chi connectivity index (χ1n) is 10.1. The predicted molar refractivity (Wildman–Crippen MR) is 118 cm³/mol. The maximum Gasteiger partial charge on any atom is 0.341 e. The van der Waals surface area contributed by atoms with Gasteiger partial charge in [-0.05, 0) is 40.5 Å². The normalized spacial score (nSPS) is 17.5. The Kier molecular flexibility index (Phi) is 6.87. The van der Waals surface area contributed by atoms with Crippen molar-refractivity contribution >= 4 is 38.4 Å². The van der Waals surface area contributed by atoms with Crippen molar-refractivity contribution in [2.45, 2.75) is 45.4 Å². The number of aryl methyl sites for hydroxylation is 1. The standard InChI is InChI=1S/C20H28N4O5S2/c1-6-29-19(26)16-13(3)23(5)14(4)17(16)31(27,28)24-9-7-8-15(10-24)18(25)22-20-21-12(2)11-30-20/h11,15H,6-10H2,1-5H3,(H,21,22,25)/t15-/m1/s1. The Morgan fingerprint density at radius 3 is 2.61 bits per heavy atom. The smallest absolute Gasteiger partial charge is 0.341 e. The SMILES string of the molecule is CCOC(=O)c1c(S(=O)(=O)N2CCC[C@@H](C(=O)Nc3nc(C)cs3)C2)c(C)n(C)c1C. The van der Waals surface area contributed by atoms with Crippen molar-refractivity contribution in [1.29, 1.82) is 0 Å². The van der Waals surface area contributed by atoms with E-state index >= 15 is 0 Å². The molecule has 0 unspecified atom stereocenters. The van der Waals surface area contributed by atoms with E-state index < -0.39 is 21.9 Å². The minimum absolute atomic E-state index is 0.0393. The first kappa shape index (κ1) is 23.4. The second-order valence-corrected chi connectivity index (χ2v) is 10.4. The molecule has 170 valence electrons. The largest absolute Gasteiger partial charge is 0.462 e. The molecule has 1 fully saturated rings. The van der Waals surface area contributed by atoms with Crippen molar-refractivity contribution in [3.63, 3.8) is 0 Å². The van der Waals surface area contributed by atoms with E-state index in [-0.39, 0.29) is 36.1 Å². The van der Waals surface area contributed by atoms with E-state index in [0.717, 1.165) is 5.69 Å². The molecule has 1 atom stereocenters. The van der Waals surface area contributed by atoms with Gasteiger partial charge in [-0.25, -0.2) is 18.2 Å². The molecule has 31 heavy (non-hydrogen) atoms. The van der Waals surface area contributed by atoms with Gasteiger partial charge in [-0.2, -0.15) is 4.31 Å². The van der Waals surface area contributed by atoms with Crippen LogP contribution in [0.4, 0.5) is 5.13 Å². The van der Waals surface area contributed by atoms with E-state index in [1.54, 1.807) is 32.4 Å². The third-order valence-electron chi connectivity index (χ3n) is 5.61. The van der Waals surface area contributed by atoms with E-state index in [4.69, 9.17) is 4.74 Å². The molecule has 11 heteroatoms. The fourth-order valence-corrected chi connectivity index (χ4v) is 6.49. The van der Waals surface area contributed by atoms with Crippen LogP contribution in [-0.4, -0.2) is 53.8 Å². The molecule has 0 saturated carbocycles. The van der Waals surface area contributed by atoms with Gasteiger partial charge in [-0.1, -0.05) is 0 Å². The number of ether oxygens (including phenoxy) is 1. The molecular formula is C20H28N4O5S2. The highest BCUT2D eigenvalue weighted by Crippen LogP contribution is 2.32. The molecule has 0 spiro atoms.